The van der Waals surface area contributed by atoms with Gasteiger partial charge in [0.2, 0.25) is 0 Å². The molecule has 0 aliphatic rings. The Labute approximate surface area is 140 Å². The molecule has 5 nitrogen and oxygen atoms in total. The van der Waals surface area contributed by atoms with Crippen molar-refractivity contribution in [2.75, 3.05) is 67.4 Å². The van der Waals surface area contributed by atoms with E-state index in [1.165, 1.54) is 11.3 Å². The van der Waals surface area contributed by atoms with E-state index in [-0.39, 0.29) is 0 Å². The molecule has 0 amide bonds. The highest BCUT2D eigenvalue weighted by atomic mass is 16.6. The van der Waals surface area contributed by atoms with Crippen molar-refractivity contribution in [3.63, 3.8) is 0 Å². The monoisotopic (exact) mass is 326 g/mol. The van der Waals surface area contributed by atoms with Crippen LogP contribution in [-0.4, -0.2) is 67.4 Å². The summed E-state index contributed by atoms with van der Waals surface area (Å²) >= 11 is 0. The fourth-order valence-electron chi connectivity index (χ4n) is 2.18. The first-order valence-corrected chi connectivity index (χ1v) is 8.22. The van der Waals surface area contributed by atoms with E-state index in [9.17, 15) is 0 Å². The van der Waals surface area contributed by atoms with Crippen LogP contribution in [0.3, 0.4) is 0 Å². The molecule has 0 unspecified atom stereocenters. The lowest BCUT2D eigenvalue weighted by atomic mass is 10.1. The van der Waals surface area contributed by atoms with E-state index in [4.69, 9.17) is 18.9 Å². The maximum atomic E-state index is 5.79. The van der Waals surface area contributed by atoms with Crippen molar-refractivity contribution < 1.29 is 18.9 Å². The van der Waals surface area contributed by atoms with Gasteiger partial charge in [-0.2, -0.15) is 0 Å². The van der Waals surface area contributed by atoms with E-state index in [0.717, 1.165) is 16.8 Å². The first-order valence-electron chi connectivity index (χ1n) is 8.22. The largest absolute Gasteiger partial charge is 0.491 e. The fraction of sp³-hybridized carbons (Fsp3) is 0.667. The van der Waals surface area contributed by atoms with Gasteiger partial charge >= 0.3 is 0 Å². The van der Waals surface area contributed by atoms with Gasteiger partial charge in [-0.3, -0.25) is 4.48 Å². The molecule has 0 saturated heterocycles. The Balaban J connectivity index is 2.29. The van der Waals surface area contributed by atoms with E-state index in [0.29, 0.717) is 39.6 Å². The Bertz CT molecular complexity index is 449. The Hall–Kier alpha value is -1.14. The molecule has 0 saturated carbocycles. The molecule has 1 rings (SSSR count). The maximum Gasteiger partial charge on any atom is 0.139 e. The van der Waals surface area contributed by atoms with Crippen LogP contribution in [0.1, 0.15) is 12.5 Å². The lowest BCUT2D eigenvalue weighted by Crippen LogP contribution is -2.40. The zero-order valence-corrected chi connectivity index (χ0v) is 15.3. The van der Waals surface area contributed by atoms with Gasteiger partial charge in [-0.05, 0) is 26.0 Å². The minimum Gasteiger partial charge on any atom is -0.491 e. The Morgan fingerprint density at radius 1 is 0.913 bits per heavy atom. The van der Waals surface area contributed by atoms with E-state index in [2.05, 4.69) is 40.1 Å². The second kappa shape index (κ2) is 10.6. The van der Waals surface area contributed by atoms with Crippen molar-refractivity contribution in [1.29, 1.82) is 0 Å². The molecule has 0 aliphatic heterocycles. The third kappa shape index (κ3) is 7.31. The van der Waals surface area contributed by atoms with Crippen LogP contribution in [0.4, 0.5) is 5.69 Å². The third-order valence-corrected chi connectivity index (χ3v) is 3.92. The molecule has 0 aromatic heterocycles. The molecule has 0 aliphatic carbocycles. The maximum absolute atomic E-state index is 5.79. The van der Waals surface area contributed by atoms with Crippen LogP contribution >= 0.6 is 0 Å². The highest BCUT2D eigenvalue weighted by Crippen LogP contribution is 2.28. The number of rotatable bonds is 12. The summed E-state index contributed by atoms with van der Waals surface area (Å²) in [6.07, 6.45) is 0. The molecule has 5 heteroatoms. The second-order valence-electron chi connectivity index (χ2n) is 6.02. The average Bonchev–Trinajstić information content (AvgIpc) is 2.54. The second-order valence-corrected chi connectivity index (χ2v) is 6.02. The molecule has 0 spiro atoms. The van der Waals surface area contributed by atoms with E-state index >= 15 is 0 Å². The molecule has 0 fully saturated rings. The molecule has 0 heterocycles. The van der Waals surface area contributed by atoms with Gasteiger partial charge in [0.25, 0.3) is 0 Å². The van der Waals surface area contributed by atoms with Crippen molar-refractivity contribution in [2.24, 2.45) is 0 Å². The van der Waals surface area contributed by atoms with Gasteiger partial charge in [0.1, 0.15) is 18.0 Å². The molecule has 0 atom stereocenters. The van der Waals surface area contributed by atoms with Crippen LogP contribution in [0, 0.1) is 6.92 Å². The predicted octanol–water partition coefficient (Wildman–Crippen LogP) is 2.64. The van der Waals surface area contributed by atoms with Gasteiger partial charge in [-0.15, -0.1) is 0 Å². The first kappa shape index (κ1) is 19.9. The summed E-state index contributed by atoms with van der Waals surface area (Å²) in [6.45, 7) is 8.85. The molecule has 23 heavy (non-hydrogen) atoms. The lowest BCUT2D eigenvalue weighted by molar-refractivity contribution is 0.0179. The van der Waals surface area contributed by atoms with Crippen molar-refractivity contribution in [3.8, 4) is 5.75 Å². The van der Waals surface area contributed by atoms with Crippen LogP contribution < -0.4 is 9.22 Å². The molecular formula is C18H32NO4+. The summed E-state index contributed by atoms with van der Waals surface area (Å²) in [5.74, 6) is 0.894. The number of hydrogen-bond donors (Lipinski definition) is 0. The number of quaternary nitrogens is 1. The quantitative estimate of drug-likeness (QED) is 0.437. The highest BCUT2D eigenvalue weighted by molar-refractivity contribution is 5.53. The van der Waals surface area contributed by atoms with Crippen LogP contribution in [0.25, 0.3) is 0 Å². The summed E-state index contributed by atoms with van der Waals surface area (Å²) in [5.41, 5.74) is 2.58. The first-order chi connectivity index (χ1) is 11.0. The third-order valence-electron chi connectivity index (χ3n) is 3.92. The Morgan fingerprint density at radius 2 is 1.52 bits per heavy atom. The standard InChI is InChI=1S/C18H32NO4/c1-6-19(3,4)18-15-17(8-7-16(18)2)23-14-13-22-12-11-21-10-9-20-5/h7-8,15H,6,9-14H2,1-5H3/q+1. The highest BCUT2D eigenvalue weighted by Gasteiger charge is 2.19. The smallest absolute Gasteiger partial charge is 0.139 e. The summed E-state index contributed by atoms with van der Waals surface area (Å²) in [4.78, 5) is 0. The summed E-state index contributed by atoms with van der Waals surface area (Å²) < 4.78 is 22.3. The molecule has 132 valence electrons. The zero-order chi connectivity index (χ0) is 17.1. The summed E-state index contributed by atoms with van der Waals surface area (Å²) in [5, 5.41) is 0. The van der Waals surface area contributed by atoms with Crippen LogP contribution in [0.2, 0.25) is 0 Å². The normalized spacial score (nSPS) is 11.7. The van der Waals surface area contributed by atoms with Crippen LogP contribution in [0.15, 0.2) is 18.2 Å². The minimum absolute atomic E-state index is 0.542. The van der Waals surface area contributed by atoms with Gasteiger partial charge in [0.05, 0.1) is 53.7 Å². The Morgan fingerprint density at radius 3 is 2.13 bits per heavy atom. The zero-order valence-electron chi connectivity index (χ0n) is 15.3. The van der Waals surface area contributed by atoms with Gasteiger partial charge in [0.15, 0.2) is 0 Å². The summed E-state index contributed by atoms with van der Waals surface area (Å²) in [7, 11) is 6.08. The topological polar surface area (TPSA) is 36.9 Å². The molecular weight excluding hydrogens is 294 g/mol. The lowest BCUT2D eigenvalue weighted by Gasteiger charge is -2.29. The van der Waals surface area contributed by atoms with E-state index < -0.39 is 0 Å². The van der Waals surface area contributed by atoms with Crippen molar-refractivity contribution in [1.82, 2.24) is 4.48 Å². The number of benzene rings is 1. The van der Waals surface area contributed by atoms with Crippen molar-refractivity contribution in [3.05, 3.63) is 23.8 Å². The van der Waals surface area contributed by atoms with Crippen LogP contribution in [0.5, 0.6) is 5.75 Å². The van der Waals surface area contributed by atoms with Crippen LogP contribution in [-0.2, 0) is 14.2 Å². The molecule has 0 N–H and O–H groups in total. The number of aryl methyl sites for hydroxylation is 1. The number of methoxy groups -OCH3 is 1. The Kier molecular flexibility index (Phi) is 9.17. The fourth-order valence-corrected chi connectivity index (χ4v) is 2.18. The number of ether oxygens (including phenoxy) is 4. The SMILES string of the molecule is CC[N+](C)(C)c1cc(OCCOCCOCCOC)ccc1C. The molecule has 0 bridgehead atoms. The van der Waals surface area contributed by atoms with Gasteiger partial charge in [-0.1, -0.05) is 0 Å². The molecule has 1 aromatic carbocycles. The number of hydrogen-bond acceptors (Lipinski definition) is 4. The van der Waals surface area contributed by atoms with Gasteiger partial charge in [0, 0.05) is 18.7 Å². The summed E-state index contributed by atoms with van der Waals surface area (Å²) in [6, 6.07) is 6.26. The minimum atomic E-state index is 0.542. The van der Waals surface area contributed by atoms with Crippen molar-refractivity contribution in [2.45, 2.75) is 13.8 Å². The predicted molar refractivity (Wildman–Crippen MR) is 94.4 cm³/mol. The van der Waals surface area contributed by atoms with Gasteiger partial charge in [-0.25, -0.2) is 0 Å². The molecule has 1 aromatic rings. The van der Waals surface area contributed by atoms with E-state index in [1.807, 2.05) is 6.07 Å². The number of nitrogens with zero attached hydrogens (tertiary/aromatic N) is 1. The van der Waals surface area contributed by atoms with E-state index in [1.54, 1.807) is 7.11 Å². The molecule has 0 radical (unpaired) electrons. The van der Waals surface area contributed by atoms with Crippen molar-refractivity contribution >= 4 is 5.69 Å². The van der Waals surface area contributed by atoms with Gasteiger partial charge < -0.3 is 18.9 Å². The average molecular weight is 326 g/mol.